The normalized spacial score (nSPS) is 15.6. The van der Waals surface area contributed by atoms with Gasteiger partial charge in [0.15, 0.2) is 11.5 Å². The van der Waals surface area contributed by atoms with Gasteiger partial charge >= 0.3 is 6.18 Å². The molecule has 1 heterocycles. The van der Waals surface area contributed by atoms with E-state index in [1.807, 2.05) is 0 Å². The van der Waals surface area contributed by atoms with Crippen molar-refractivity contribution in [2.75, 3.05) is 0 Å². The van der Waals surface area contributed by atoms with E-state index in [1.165, 1.54) is 0 Å². The highest BCUT2D eigenvalue weighted by Gasteiger charge is 2.40. The van der Waals surface area contributed by atoms with E-state index in [1.54, 1.807) is 0 Å². The number of aromatic nitrogens is 1. The molecule has 6 heteroatoms. The molecule has 0 aliphatic heterocycles. The maximum Gasteiger partial charge on any atom is 0.434 e. The number of pyridine rings is 1. The zero-order chi connectivity index (χ0) is 11.2. The highest BCUT2D eigenvalue weighted by molar-refractivity contribution is 9.10. The van der Waals surface area contributed by atoms with Crippen LogP contribution in [0.25, 0.3) is 0 Å². The number of carbonyl (C=O) groups is 1. The molecule has 80 valence electrons. The third kappa shape index (κ3) is 1.67. The Morgan fingerprint density at radius 1 is 1.33 bits per heavy atom. The third-order valence-corrected chi connectivity index (χ3v) is 2.97. The number of rotatable bonds is 0. The van der Waals surface area contributed by atoms with Crippen LogP contribution in [0.5, 0.6) is 0 Å². The minimum atomic E-state index is -4.56. The Morgan fingerprint density at radius 3 is 2.60 bits per heavy atom. The van der Waals surface area contributed by atoms with Crippen LogP contribution in [0.3, 0.4) is 0 Å². The van der Waals surface area contributed by atoms with Crippen LogP contribution in [0.2, 0.25) is 0 Å². The van der Waals surface area contributed by atoms with Gasteiger partial charge in [-0.25, -0.2) is 4.98 Å². The van der Waals surface area contributed by atoms with Crippen molar-refractivity contribution >= 4 is 21.7 Å². The second-order valence-electron chi connectivity index (χ2n) is 3.23. The lowest BCUT2D eigenvalue weighted by Crippen LogP contribution is -2.14. The van der Waals surface area contributed by atoms with Gasteiger partial charge < -0.3 is 0 Å². The highest BCUT2D eigenvalue weighted by atomic mass is 79.9. The van der Waals surface area contributed by atoms with Crippen LogP contribution < -0.4 is 0 Å². The molecule has 0 N–H and O–H groups in total. The fourth-order valence-electron chi connectivity index (χ4n) is 1.65. The van der Waals surface area contributed by atoms with Crippen LogP contribution in [0.1, 0.15) is 28.0 Å². The molecule has 1 aromatic rings. The molecule has 0 saturated heterocycles. The molecule has 0 unspecified atom stereocenters. The van der Waals surface area contributed by atoms with Crippen molar-refractivity contribution in [3.8, 4) is 0 Å². The Kier molecular flexibility index (Phi) is 2.33. The van der Waals surface area contributed by atoms with Crippen molar-refractivity contribution in [2.24, 2.45) is 0 Å². The van der Waals surface area contributed by atoms with E-state index >= 15 is 0 Å². The molecule has 1 aromatic heterocycles. The molecule has 2 rings (SSSR count). The van der Waals surface area contributed by atoms with Gasteiger partial charge in [0.05, 0.1) is 5.56 Å². The van der Waals surface area contributed by atoms with E-state index < -0.39 is 17.7 Å². The van der Waals surface area contributed by atoms with Crippen LogP contribution in [-0.4, -0.2) is 10.8 Å². The van der Waals surface area contributed by atoms with Crippen molar-refractivity contribution < 1.29 is 18.0 Å². The maximum absolute atomic E-state index is 12.5. The average molecular weight is 280 g/mol. The molecule has 0 amide bonds. The Balaban J connectivity index is 2.70. The van der Waals surface area contributed by atoms with E-state index in [9.17, 15) is 18.0 Å². The lowest BCUT2D eigenvalue weighted by molar-refractivity contribution is -0.141. The fourth-order valence-corrected chi connectivity index (χ4v) is 2.15. The SMILES string of the molecule is O=C1CCc2c(Br)cnc(C(F)(F)F)c21. The van der Waals surface area contributed by atoms with E-state index in [0.717, 1.165) is 6.20 Å². The summed E-state index contributed by atoms with van der Waals surface area (Å²) in [6.07, 6.45) is -2.99. The van der Waals surface area contributed by atoms with Gasteiger partial charge in [-0.1, -0.05) is 0 Å². The number of ketones is 1. The smallest absolute Gasteiger partial charge is 0.294 e. The summed E-state index contributed by atoms with van der Waals surface area (Å²) in [7, 11) is 0. The van der Waals surface area contributed by atoms with Crippen LogP contribution in [0.15, 0.2) is 10.7 Å². The number of alkyl halides is 3. The van der Waals surface area contributed by atoms with Crippen molar-refractivity contribution in [1.29, 1.82) is 0 Å². The minimum Gasteiger partial charge on any atom is -0.294 e. The van der Waals surface area contributed by atoms with Crippen LogP contribution in [0.4, 0.5) is 13.2 Å². The molecule has 0 spiro atoms. The van der Waals surface area contributed by atoms with Crippen LogP contribution in [-0.2, 0) is 12.6 Å². The number of Topliss-reactive ketones (excluding diaryl/α,β-unsaturated/α-hetero) is 1. The van der Waals surface area contributed by atoms with Crippen LogP contribution in [0, 0.1) is 0 Å². The lowest BCUT2D eigenvalue weighted by atomic mass is 10.1. The second kappa shape index (κ2) is 3.30. The summed E-state index contributed by atoms with van der Waals surface area (Å²) in [4.78, 5) is 14.6. The molecule has 0 atom stereocenters. The van der Waals surface area contributed by atoms with Gasteiger partial charge in [0.1, 0.15) is 0 Å². The predicted octanol–water partition coefficient (Wildman–Crippen LogP) is 2.99. The number of halogens is 4. The lowest BCUT2D eigenvalue weighted by Gasteiger charge is -2.10. The molecular formula is C9H5BrF3NO. The fraction of sp³-hybridized carbons (Fsp3) is 0.333. The van der Waals surface area contributed by atoms with Gasteiger partial charge in [0.25, 0.3) is 0 Å². The number of carbonyl (C=O) groups excluding carboxylic acids is 1. The number of fused-ring (bicyclic) bond motifs is 1. The summed E-state index contributed by atoms with van der Waals surface area (Å²) in [6, 6.07) is 0. The van der Waals surface area contributed by atoms with Crippen molar-refractivity contribution in [2.45, 2.75) is 19.0 Å². The molecule has 1 aliphatic carbocycles. The predicted molar refractivity (Wildman–Crippen MR) is 49.6 cm³/mol. The largest absolute Gasteiger partial charge is 0.434 e. The molecule has 0 saturated carbocycles. The van der Waals surface area contributed by atoms with Gasteiger partial charge in [-0.05, 0) is 27.9 Å². The van der Waals surface area contributed by atoms with Crippen LogP contribution >= 0.6 is 15.9 Å². The van der Waals surface area contributed by atoms with Gasteiger partial charge in [0.2, 0.25) is 0 Å². The second-order valence-corrected chi connectivity index (χ2v) is 4.08. The topological polar surface area (TPSA) is 30.0 Å². The summed E-state index contributed by atoms with van der Waals surface area (Å²) in [5.74, 6) is -0.480. The molecule has 2 nitrogen and oxygen atoms in total. The first kappa shape index (κ1) is 10.6. The van der Waals surface area contributed by atoms with Gasteiger partial charge in [0, 0.05) is 17.1 Å². The summed E-state index contributed by atoms with van der Waals surface area (Å²) in [6.45, 7) is 0. The summed E-state index contributed by atoms with van der Waals surface area (Å²) in [5.41, 5.74) is -0.914. The summed E-state index contributed by atoms with van der Waals surface area (Å²) < 4.78 is 38.0. The molecule has 0 bridgehead atoms. The molecule has 0 fully saturated rings. The van der Waals surface area contributed by atoms with E-state index in [-0.39, 0.29) is 12.0 Å². The summed E-state index contributed by atoms with van der Waals surface area (Å²) in [5, 5.41) is 0. The Hall–Kier alpha value is -0.910. The standard InChI is InChI=1S/C9H5BrF3NO/c10-5-3-14-8(9(11,12)13)7-4(5)1-2-6(7)15/h3H,1-2H2. The van der Waals surface area contributed by atoms with Crippen molar-refractivity contribution in [1.82, 2.24) is 4.98 Å². The zero-order valence-corrected chi connectivity index (χ0v) is 8.94. The minimum absolute atomic E-state index is 0.128. The van der Waals surface area contributed by atoms with Gasteiger partial charge in [-0.15, -0.1) is 0 Å². The third-order valence-electron chi connectivity index (χ3n) is 2.28. The van der Waals surface area contributed by atoms with Gasteiger partial charge in [-0.3, -0.25) is 4.79 Å². The monoisotopic (exact) mass is 279 g/mol. The van der Waals surface area contributed by atoms with E-state index in [4.69, 9.17) is 0 Å². The van der Waals surface area contributed by atoms with Crippen molar-refractivity contribution in [3.63, 3.8) is 0 Å². The van der Waals surface area contributed by atoms with E-state index in [0.29, 0.717) is 16.5 Å². The number of hydrogen-bond donors (Lipinski definition) is 0. The highest BCUT2D eigenvalue weighted by Crippen LogP contribution is 2.37. The molecular weight excluding hydrogens is 275 g/mol. The molecule has 1 aliphatic rings. The molecule has 0 aromatic carbocycles. The Morgan fingerprint density at radius 2 is 2.00 bits per heavy atom. The molecule has 0 radical (unpaired) electrons. The first-order valence-corrected chi connectivity index (χ1v) is 4.98. The number of nitrogens with zero attached hydrogens (tertiary/aromatic N) is 1. The first-order valence-electron chi connectivity index (χ1n) is 4.19. The summed E-state index contributed by atoms with van der Waals surface area (Å²) >= 11 is 3.09. The van der Waals surface area contributed by atoms with E-state index in [2.05, 4.69) is 20.9 Å². The Bertz CT molecular complexity index is 442. The number of hydrogen-bond acceptors (Lipinski definition) is 2. The Labute approximate surface area is 91.6 Å². The zero-order valence-electron chi connectivity index (χ0n) is 7.36. The maximum atomic E-state index is 12.5. The van der Waals surface area contributed by atoms with Gasteiger partial charge in [-0.2, -0.15) is 13.2 Å². The van der Waals surface area contributed by atoms with Crippen molar-refractivity contribution in [3.05, 3.63) is 27.5 Å². The average Bonchev–Trinajstić information content (AvgIpc) is 2.48. The molecule has 15 heavy (non-hydrogen) atoms. The first-order chi connectivity index (χ1) is 6.91. The quantitative estimate of drug-likeness (QED) is 0.731.